The Kier molecular flexibility index (Phi) is 6.10. The van der Waals surface area contributed by atoms with Crippen molar-refractivity contribution in [2.24, 2.45) is 0 Å². The molecule has 0 aliphatic carbocycles. The molecular formula is C13H18O4. The SMILES string of the molecule is CCCCOCCOc1ccccc1C(=O)O. The number of carboxylic acids is 1. The van der Waals surface area contributed by atoms with E-state index in [0.717, 1.165) is 19.4 Å². The van der Waals surface area contributed by atoms with Gasteiger partial charge in [0.05, 0.1) is 6.61 Å². The van der Waals surface area contributed by atoms with Crippen LogP contribution in [-0.4, -0.2) is 30.9 Å². The zero-order valence-corrected chi connectivity index (χ0v) is 10.0. The van der Waals surface area contributed by atoms with Crippen molar-refractivity contribution in [2.45, 2.75) is 19.8 Å². The molecule has 0 atom stereocenters. The van der Waals surface area contributed by atoms with E-state index < -0.39 is 5.97 Å². The molecule has 94 valence electrons. The Morgan fingerprint density at radius 2 is 2.00 bits per heavy atom. The Labute approximate surface area is 101 Å². The van der Waals surface area contributed by atoms with Gasteiger partial charge in [0.15, 0.2) is 0 Å². The number of hydrogen-bond donors (Lipinski definition) is 1. The highest BCUT2D eigenvalue weighted by Crippen LogP contribution is 2.17. The molecule has 0 saturated heterocycles. The van der Waals surface area contributed by atoms with Crippen molar-refractivity contribution in [3.05, 3.63) is 29.8 Å². The molecule has 0 aliphatic heterocycles. The van der Waals surface area contributed by atoms with Gasteiger partial charge in [0, 0.05) is 6.61 Å². The summed E-state index contributed by atoms with van der Waals surface area (Å²) in [5, 5.41) is 8.93. The number of ether oxygens (including phenoxy) is 2. The molecule has 0 radical (unpaired) electrons. The van der Waals surface area contributed by atoms with Crippen LogP contribution < -0.4 is 4.74 Å². The largest absolute Gasteiger partial charge is 0.490 e. The Hall–Kier alpha value is -1.55. The summed E-state index contributed by atoms with van der Waals surface area (Å²) in [5.74, 6) is -0.591. The first-order chi connectivity index (χ1) is 8.25. The fourth-order valence-corrected chi connectivity index (χ4v) is 1.33. The van der Waals surface area contributed by atoms with E-state index in [1.165, 1.54) is 6.07 Å². The zero-order chi connectivity index (χ0) is 12.5. The van der Waals surface area contributed by atoms with Crippen molar-refractivity contribution in [1.29, 1.82) is 0 Å². The van der Waals surface area contributed by atoms with Crippen molar-refractivity contribution in [2.75, 3.05) is 19.8 Å². The first-order valence-corrected chi connectivity index (χ1v) is 5.78. The fourth-order valence-electron chi connectivity index (χ4n) is 1.33. The summed E-state index contributed by atoms with van der Waals surface area (Å²) in [6, 6.07) is 6.60. The van der Waals surface area contributed by atoms with Crippen LogP contribution in [-0.2, 0) is 4.74 Å². The molecule has 0 spiro atoms. The summed E-state index contributed by atoms with van der Waals surface area (Å²) in [4.78, 5) is 10.9. The minimum absolute atomic E-state index is 0.182. The smallest absolute Gasteiger partial charge is 0.339 e. The average molecular weight is 238 g/mol. The lowest BCUT2D eigenvalue weighted by Crippen LogP contribution is -2.09. The summed E-state index contributed by atoms with van der Waals surface area (Å²) >= 11 is 0. The number of benzene rings is 1. The van der Waals surface area contributed by atoms with Crippen LogP contribution in [0.5, 0.6) is 5.75 Å². The Bertz CT molecular complexity index is 349. The molecule has 1 N–H and O–H groups in total. The van der Waals surface area contributed by atoms with Gasteiger partial charge in [-0.3, -0.25) is 0 Å². The predicted molar refractivity (Wildman–Crippen MR) is 64.6 cm³/mol. The lowest BCUT2D eigenvalue weighted by molar-refractivity contribution is 0.0685. The number of rotatable bonds is 8. The second-order valence-corrected chi connectivity index (χ2v) is 3.62. The maximum absolute atomic E-state index is 10.9. The molecule has 1 rings (SSSR count). The first-order valence-electron chi connectivity index (χ1n) is 5.78. The van der Waals surface area contributed by atoms with Crippen molar-refractivity contribution in [3.63, 3.8) is 0 Å². The Morgan fingerprint density at radius 1 is 1.24 bits per heavy atom. The van der Waals surface area contributed by atoms with Crippen LogP contribution >= 0.6 is 0 Å². The van der Waals surface area contributed by atoms with Gasteiger partial charge in [-0.1, -0.05) is 25.5 Å². The fraction of sp³-hybridized carbons (Fsp3) is 0.462. The lowest BCUT2D eigenvalue weighted by Gasteiger charge is -2.09. The molecule has 4 nitrogen and oxygen atoms in total. The van der Waals surface area contributed by atoms with E-state index in [1.54, 1.807) is 18.2 Å². The lowest BCUT2D eigenvalue weighted by atomic mass is 10.2. The van der Waals surface area contributed by atoms with E-state index in [9.17, 15) is 4.79 Å². The summed E-state index contributed by atoms with van der Waals surface area (Å²) < 4.78 is 10.7. The Morgan fingerprint density at radius 3 is 2.71 bits per heavy atom. The van der Waals surface area contributed by atoms with Gasteiger partial charge in [0.2, 0.25) is 0 Å². The van der Waals surface area contributed by atoms with Gasteiger partial charge in [-0.15, -0.1) is 0 Å². The molecule has 0 aliphatic rings. The number of hydrogen-bond acceptors (Lipinski definition) is 3. The van der Waals surface area contributed by atoms with Crippen molar-refractivity contribution in [3.8, 4) is 5.75 Å². The number of unbranched alkanes of at least 4 members (excludes halogenated alkanes) is 1. The molecule has 0 unspecified atom stereocenters. The summed E-state index contributed by atoms with van der Waals surface area (Å²) in [5.41, 5.74) is 0.182. The molecule has 0 amide bonds. The molecular weight excluding hydrogens is 220 g/mol. The highest BCUT2D eigenvalue weighted by atomic mass is 16.5. The van der Waals surface area contributed by atoms with Gasteiger partial charge < -0.3 is 14.6 Å². The van der Waals surface area contributed by atoms with E-state index in [4.69, 9.17) is 14.6 Å². The van der Waals surface area contributed by atoms with E-state index in [-0.39, 0.29) is 5.56 Å². The molecule has 1 aromatic carbocycles. The van der Waals surface area contributed by atoms with Gasteiger partial charge in [-0.25, -0.2) is 4.79 Å². The van der Waals surface area contributed by atoms with Crippen LogP contribution in [0.2, 0.25) is 0 Å². The standard InChI is InChI=1S/C13H18O4/c1-2-3-8-16-9-10-17-12-7-5-4-6-11(12)13(14)15/h4-7H,2-3,8-10H2,1H3,(H,14,15). The summed E-state index contributed by atoms with van der Waals surface area (Å²) in [6.45, 7) is 3.67. The second kappa shape index (κ2) is 7.68. The highest BCUT2D eigenvalue weighted by molar-refractivity contribution is 5.90. The maximum Gasteiger partial charge on any atom is 0.339 e. The van der Waals surface area contributed by atoms with Crippen LogP contribution in [0, 0.1) is 0 Å². The van der Waals surface area contributed by atoms with Crippen LogP contribution in [0.3, 0.4) is 0 Å². The number of carbonyl (C=O) groups is 1. The number of aromatic carboxylic acids is 1. The van der Waals surface area contributed by atoms with Gasteiger partial charge in [0.25, 0.3) is 0 Å². The quantitative estimate of drug-likeness (QED) is 0.707. The predicted octanol–water partition coefficient (Wildman–Crippen LogP) is 2.58. The van der Waals surface area contributed by atoms with Crippen LogP contribution in [0.15, 0.2) is 24.3 Å². The third kappa shape index (κ3) is 4.87. The third-order valence-corrected chi connectivity index (χ3v) is 2.24. The van der Waals surface area contributed by atoms with Gasteiger partial charge >= 0.3 is 5.97 Å². The van der Waals surface area contributed by atoms with E-state index in [2.05, 4.69) is 6.92 Å². The molecule has 1 aromatic rings. The first kappa shape index (κ1) is 13.5. The summed E-state index contributed by atoms with van der Waals surface area (Å²) in [7, 11) is 0. The molecule has 17 heavy (non-hydrogen) atoms. The number of carboxylic acid groups (broad SMARTS) is 1. The van der Waals surface area contributed by atoms with Crippen molar-refractivity contribution >= 4 is 5.97 Å². The normalized spacial score (nSPS) is 10.2. The topological polar surface area (TPSA) is 55.8 Å². The van der Waals surface area contributed by atoms with Crippen molar-refractivity contribution in [1.82, 2.24) is 0 Å². The van der Waals surface area contributed by atoms with Gasteiger partial charge in [-0.2, -0.15) is 0 Å². The maximum atomic E-state index is 10.9. The van der Waals surface area contributed by atoms with E-state index >= 15 is 0 Å². The monoisotopic (exact) mass is 238 g/mol. The van der Waals surface area contributed by atoms with E-state index in [0.29, 0.717) is 19.0 Å². The molecule has 0 bridgehead atoms. The minimum Gasteiger partial charge on any atom is -0.490 e. The number of para-hydroxylation sites is 1. The molecule has 4 heteroatoms. The summed E-state index contributed by atoms with van der Waals surface area (Å²) in [6.07, 6.45) is 2.13. The Balaban J connectivity index is 2.34. The van der Waals surface area contributed by atoms with Crippen molar-refractivity contribution < 1.29 is 19.4 Å². The van der Waals surface area contributed by atoms with Crippen LogP contribution in [0.1, 0.15) is 30.1 Å². The van der Waals surface area contributed by atoms with Crippen LogP contribution in [0.4, 0.5) is 0 Å². The molecule has 0 heterocycles. The third-order valence-electron chi connectivity index (χ3n) is 2.24. The van der Waals surface area contributed by atoms with E-state index in [1.807, 2.05) is 0 Å². The highest BCUT2D eigenvalue weighted by Gasteiger charge is 2.09. The average Bonchev–Trinajstić information content (AvgIpc) is 2.34. The second-order valence-electron chi connectivity index (χ2n) is 3.62. The molecule has 0 saturated carbocycles. The zero-order valence-electron chi connectivity index (χ0n) is 10.0. The molecule has 0 fully saturated rings. The minimum atomic E-state index is -0.979. The molecule has 0 aromatic heterocycles. The van der Waals surface area contributed by atoms with Crippen LogP contribution in [0.25, 0.3) is 0 Å². The van der Waals surface area contributed by atoms with Gasteiger partial charge in [-0.05, 0) is 18.6 Å². The van der Waals surface area contributed by atoms with Gasteiger partial charge in [0.1, 0.15) is 17.9 Å².